The predicted octanol–water partition coefficient (Wildman–Crippen LogP) is 1.39. The Morgan fingerprint density at radius 3 is 2.94 bits per heavy atom. The van der Waals surface area contributed by atoms with E-state index in [2.05, 4.69) is 41.6 Å². The van der Waals surface area contributed by atoms with E-state index in [4.69, 9.17) is 0 Å². The van der Waals surface area contributed by atoms with Crippen molar-refractivity contribution in [3.63, 3.8) is 0 Å². The molecule has 1 fully saturated rings. The number of hydrogen-bond acceptors (Lipinski definition) is 4. The van der Waals surface area contributed by atoms with Crippen LogP contribution in [0.2, 0.25) is 0 Å². The molecule has 2 unspecified atom stereocenters. The first-order valence-electron chi connectivity index (χ1n) is 6.19. The molecule has 1 aromatic rings. The third-order valence-electron chi connectivity index (χ3n) is 3.12. The van der Waals surface area contributed by atoms with Crippen molar-refractivity contribution in [2.75, 3.05) is 6.54 Å². The van der Waals surface area contributed by atoms with Crippen LogP contribution in [0, 0.1) is 11.8 Å². The molecule has 2 rings (SSSR count). The first-order chi connectivity index (χ1) is 7.72. The zero-order valence-corrected chi connectivity index (χ0v) is 10.3. The number of nitrogens with one attached hydrogen (secondary N) is 1. The van der Waals surface area contributed by atoms with E-state index in [1.165, 1.54) is 12.8 Å². The molecule has 1 aliphatic rings. The maximum absolute atomic E-state index is 4.09. The van der Waals surface area contributed by atoms with Gasteiger partial charge in [-0.1, -0.05) is 27.2 Å². The summed E-state index contributed by atoms with van der Waals surface area (Å²) >= 11 is 0. The molecule has 5 nitrogen and oxygen atoms in total. The predicted molar refractivity (Wildman–Crippen MR) is 61.8 cm³/mol. The van der Waals surface area contributed by atoms with Gasteiger partial charge >= 0.3 is 0 Å². The fraction of sp³-hybridized carbons (Fsp3) is 0.909. The van der Waals surface area contributed by atoms with Crippen LogP contribution in [0.15, 0.2) is 0 Å². The molecule has 0 radical (unpaired) electrons. The molecule has 0 amide bonds. The van der Waals surface area contributed by atoms with E-state index in [1.807, 2.05) is 4.68 Å². The van der Waals surface area contributed by atoms with Crippen LogP contribution in [0.1, 0.15) is 45.5 Å². The van der Waals surface area contributed by atoms with E-state index >= 15 is 0 Å². The van der Waals surface area contributed by atoms with Crippen LogP contribution >= 0.6 is 0 Å². The minimum Gasteiger partial charge on any atom is -0.310 e. The normalized spacial score (nSPS) is 24.0. The molecule has 0 saturated heterocycles. The molecule has 1 heterocycles. The van der Waals surface area contributed by atoms with Crippen LogP contribution in [0.25, 0.3) is 0 Å². The molecule has 1 aliphatic carbocycles. The molecule has 0 bridgehead atoms. The first kappa shape index (κ1) is 11.5. The van der Waals surface area contributed by atoms with Gasteiger partial charge in [-0.2, -0.15) is 0 Å². The van der Waals surface area contributed by atoms with E-state index in [1.54, 1.807) is 0 Å². The van der Waals surface area contributed by atoms with Crippen molar-refractivity contribution in [1.29, 1.82) is 0 Å². The van der Waals surface area contributed by atoms with Gasteiger partial charge in [0.15, 0.2) is 5.82 Å². The number of nitrogens with zero attached hydrogens (tertiary/aromatic N) is 4. The SMILES string of the molecule is CCC1CC1n1nnnc1CNCC(C)C. The summed E-state index contributed by atoms with van der Waals surface area (Å²) in [6, 6.07) is 0.552. The topological polar surface area (TPSA) is 55.6 Å². The number of tetrazole rings is 1. The Morgan fingerprint density at radius 1 is 1.50 bits per heavy atom. The van der Waals surface area contributed by atoms with E-state index in [9.17, 15) is 0 Å². The highest BCUT2D eigenvalue weighted by molar-refractivity contribution is 4.95. The Morgan fingerprint density at radius 2 is 2.31 bits per heavy atom. The lowest BCUT2D eigenvalue weighted by atomic mass is 10.2. The summed E-state index contributed by atoms with van der Waals surface area (Å²) < 4.78 is 2.00. The lowest BCUT2D eigenvalue weighted by Crippen LogP contribution is -2.21. The highest BCUT2D eigenvalue weighted by Crippen LogP contribution is 2.45. The van der Waals surface area contributed by atoms with Crippen LogP contribution in [0.5, 0.6) is 0 Å². The lowest BCUT2D eigenvalue weighted by Gasteiger charge is -2.07. The van der Waals surface area contributed by atoms with Crippen molar-refractivity contribution in [3.8, 4) is 0 Å². The molecule has 2 atom stereocenters. The monoisotopic (exact) mass is 223 g/mol. The van der Waals surface area contributed by atoms with Crippen molar-refractivity contribution in [1.82, 2.24) is 25.5 Å². The van der Waals surface area contributed by atoms with Crippen molar-refractivity contribution >= 4 is 0 Å². The van der Waals surface area contributed by atoms with Gasteiger partial charge in [-0.15, -0.1) is 5.10 Å². The van der Waals surface area contributed by atoms with E-state index in [0.29, 0.717) is 12.0 Å². The molecule has 0 spiro atoms. The summed E-state index contributed by atoms with van der Waals surface area (Å²) in [4.78, 5) is 0. The number of aromatic nitrogens is 4. The van der Waals surface area contributed by atoms with Gasteiger partial charge in [0.05, 0.1) is 12.6 Å². The van der Waals surface area contributed by atoms with Crippen LogP contribution in [-0.4, -0.2) is 26.8 Å². The number of rotatable bonds is 6. The lowest BCUT2D eigenvalue weighted by molar-refractivity contribution is 0.499. The number of hydrogen-bond donors (Lipinski definition) is 1. The molecule has 0 aliphatic heterocycles. The Kier molecular flexibility index (Phi) is 3.53. The molecule has 90 valence electrons. The van der Waals surface area contributed by atoms with Gasteiger partial charge in [0.1, 0.15) is 0 Å². The first-order valence-corrected chi connectivity index (χ1v) is 6.19. The van der Waals surface area contributed by atoms with Crippen molar-refractivity contribution in [3.05, 3.63) is 5.82 Å². The summed E-state index contributed by atoms with van der Waals surface area (Å²) in [7, 11) is 0. The molecule has 1 aromatic heterocycles. The van der Waals surface area contributed by atoms with Gasteiger partial charge in [0, 0.05) is 0 Å². The molecular formula is C11H21N5. The van der Waals surface area contributed by atoms with Gasteiger partial charge in [0.25, 0.3) is 0 Å². The smallest absolute Gasteiger partial charge is 0.165 e. The molecule has 0 aromatic carbocycles. The van der Waals surface area contributed by atoms with E-state index in [-0.39, 0.29) is 0 Å². The van der Waals surface area contributed by atoms with Crippen LogP contribution < -0.4 is 5.32 Å². The quantitative estimate of drug-likeness (QED) is 0.792. The van der Waals surface area contributed by atoms with E-state index < -0.39 is 0 Å². The fourth-order valence-electron chi connectivity index (χ4n) is 2.03. The maximum Gasteiger partial charge on any atom is 0.165 e. The van der Waals surface area contributed by atoms with Crippen LogP contribution in [0.3, 0.4) is 0 Å². The third kappa shape index (κ3) is 2.58. The molecule has 1 N–H and O–H groups in total. The Hall–Kier alpha value is -0.970. The van der Waals surface area contributed by atoms with Gasteiger partial charge in [-0.3, -0.25) is 0 Å². The summed E-state index contributed by atoms with van der Waals surface area (Å²) in [5.41, 5.74) is 0. The third-order valence-corrected chi connectivity index (χ3v) is 3.12. The van der Waals surface area contributed by atoms with E-state index in [0.717, 1.165) is 24.8 Å². The minimum absolute atomic E-state index is 0.552. The summed E-state index contributed by atoms with van der Waals surface area (Å²) in [6.45, 7) is 8.41. The zero-order chi connectivity index (χ0) is 11.5. The highest BCUT2D eigenvalue weighted by Gasteiger charge is 2.39. The average molecular weight is 223 g/mol. The Balaban J connectivity index is 1.88. The van der Waals surface area contributed by atoms with Crippen molar-refractivity contribution in [2.45, 2.75) is 46.2 Å². The van der Waals surface area contributed by atoms with Gasteiger partial charge < -0.3 is 5.32 Å². The second-order valence-corrected chi connectivity index (χ2v) is 5.04. The van der Waals surface area contributed by atoms with Gasteiger partial charge in [-0.25, -0.2) is 4.68 Å². The van der Waals surface area contributed by atoms with Gasteiger partial charge in [-0.05, 0) is 35.2 Å². The largest absolute Gasteiger partial charge is 0.310 e. The second kappa shape index (κ2) is 4.91. The standard InChI is InChI=1S/C11H21N5/c1-4-9-5-10(9)16-11(13-14-15-16)7-12-6-8(2)3/h8-10,12H,4-7H2,1-3H3. The average Bonchev–Trinajstić information content (AvgIpc) is 2.89. The minimum atomic E-state index is 0.552. The second-order valence-electron chi connectivity index (χ2n) is 5.04. The van der Waals surface area contributed by atoms with Crippen molar-refractivity contribution < 1.29 is 0 Å². The fourth-order valence-corrected chi connectivity index (χ4v) is 2.03. The zero-order valence-electron chi connectivity index (χ0n) is 10.3. The van der Waals surface area contributed by atoms with Crippen LogP contribution in [-0.2, 0) is 6.54 Å². The van der Waals surface area contributed by atoms with Crippen molar-refractivity contribution in [2.24, 2.45) is 11.8 Å². The maximum atomic E-state index is 4.09. The molecule has 5 heteroatoms. The Bertz CT molecular complexity index is 333. The molecule has 16 heavy (non-hydrogen) atoms. The summed E-state index contributed by atoms with van der Waals surface area (Å²) in [6.07, 6.45) is 2.46. The summed E-state index contributed by atoms with van der Waals surface area (Å²) in [5.74, 6) is 2.42. The summed E-state index contributed by atoms with van der Waals surface area (Å²) in [5, 5.41) is 15.3. The Labute approximate surface area is 96.6 Å². The van der Waals surface area contributed by atoms with Gasteiger partial charge in [0.2, 0.25) is 0 Å². The molecular weight excluding hydrogens is 202 g/mol. The molecule has 1 saturated carbocycles. The highest BCUT2D eigenvalue weighted by atomic mass is 15.6. The van der Waals surface area contributed by atoms with Crippen LogP contribution in [0.4, 0.5) is 0 Å².